The van der Waals surface area contributed by atoms with Crippen molar-refractivity contribution in [1.29, 1.82) is 0 Å². The van der Waals surface area contributed by atoms with Gasteiger partial charge in [-0.05, 0) is 72.5 Å². The summed E-state index contributed by atoms with van der Waals surface area (Å²) in [5.41, 5.74) is 2.03. The third-order valence-corrected chi connectivity index (χ3v) is 4.18. The van der Waals surface area contributed by atoms with Gasteiger partial charge in [-0.1, -0.05) is 13.0 Å². The third-order valence-electron chi connectivity index (χ3n) is 3.51. The number of aryl methyl sites for hydroxylation is 1. The summed E-state index contributed by atoms with van der Waals surface area (Å²) in [7, 11) is 0. The molecular formula is C14H19IN2O. The van der Waals surface area contributed by atoms with Crippen LogP contribution in [0.4, 0.5) is 5.69 Å². The van der Waals surface area contributed by atoms with Crippen LogP contribution in [0, 0.1) is 16.4 Å². The molecule has 3 nitrogen and oxygen atoms in total. The van der Waals surface area contributed by atoms with Crippen LogP contribution in [0.15, 0.2) is 18.2 Å². The SMILES string of the molecule is Cc1ccc(I)cc1NC(=O)C1NCCCC1C. The first-order chi connectivity index (χ1) is 8.58. The van der Waals surface area contributed by atoms with Gasteiger partial charge < -0.3 is 10.6 Å². The molecule has 2 rings (SSSR count). The van der Waals surface area contributed by atoms with Crippen molar-refractivity contribution < 1.29 is 4.79 Å². The highest BCUT2D eigenvalue weighted by molar-refractivity contribution is 14.1. The summed E-state index contributed by atoms with van der Waals surface area (Å²) in [6, 6.07) is 6.04. The van der Waals surface area contributed by atoms with E-state index in [4.69, 9.17) is 0 Å². The Morgan fingerprint density at radius 3 is 3.00 bits per heavy atom. The van der Waals surface area contributed by atoms with E-state index in [1.165, 1.54) is 0 Å². The van der Waals surface area contributed by atoms with E-state index in [2.05, 4.69) is 40.1 Å². The van der Waals surface area contributed by atoms with Crippen LogP contribution in [0.1, 0.15) is 25.3 Å². The summed E-state index contributed by atoms with van der Waals surface area (Å²) in [5, 5.41) is 6.35. The molecule has 2 unspecified atom stereocenters. The van der Waals surface area contributed by atoms with Crippen molar-refractivity contribution in [3.05, 3.63) is 27.3 Å². The van der Waals surface area contributed by atoms with Crippen LogP contribution in [-0.4, -0.2) is 18.5 Å². The van der Waals surface area contributed by atoms with Crippen LogP contribution in [0.25, 0.3) is 0 Å². The van der Waals surface area contributed by atoms with Gasteiger partial charge in [-0.3, -0.25) is 4.79 Å². The van der Waals surface area contributed by atoms with E-state index in [1.54, 1.807) is 0 Å². The molecule has 0 spiro atoms. The minimum atomic E-state index is -0.0592. The van der Waals surface area contributed by atoms with Gasteiger partial charge in [0.25, 0.3) is 0 Å². The number of carbonyl (C=O) groups is 1. The maximum absolute atomic E-state index is 12.3. The monoisotopic (exact) mass is 358 g/mol. The van der Waals surface area contributed by atoms with Crippen LogP contribution < -0.4 is 10.6 Å². The molecule has 1 aromatic rings. The normalized spacial score (nSPS) is 23.7. The Balaban J connectivity index is 2.08. The van der Waals surface area contributed by atoms with E-state index < -0.39 is 0 Å². The largest absolute Gasteiger partial charge is 0.324 e. The fourth-order valence-corrected chi connectivity index (χ4v) is 2.83. The molecule has 2 N–H and O–H groups in total. The second-order valence-electron chi connectivity index (χ2n) is 5.00. The molecule has 1 aromatic carbocycles. The number of halogens is 1. The van der Waals surface area contributed by atoms with Gasteiger partial charge in [0.2, 0.25) is 5.91 Å². The summed E-state index contributed by atoms with van der Waals surface area (Å²) in [4.78, 5) is 12.3. The zero-order valence-electron chi connectivity index (χ0n) is 10.8. The quantitative estimate of drug-likeness (QED) is 0.799. The van der Waals surface area contributed by atoms with Gasteiger partial charge in [-0.15, -0.1) is 0 Å². The Bertz CT molecular complexity index is 447. The van der Waals surface area contributed by atoms with Crippen LogP contribution in [0.5, 0.6) is 0 Å². The lowest BCUT2D eigenvalue weighted by molar-refractivity contribution is -0.119. The molecule has 2 atom stereocenters. The number of piperidine rings is 1. The Kier molecular flexibility index (Phi) is 4.61. The summed E-state index contributed by atoms with van der Waals surface area (Å²) in [6.45, 7) is 5.09. The van der Waals surface area contributed by atoms with E-state index in [9.17, 15) is 4.79 Å². The zero-order chi connectivity index (χ0) is 13.1. The van der Waals surface area contributed by atoms with Crippen LogP contribution >= 0.6 is 22.6 Å². The van der Waals surface area contributed by atoms with Crippen LogP contribution in [0.2, 0.25) is 0 Å². The molecule has 1 amide bonds. The maximum atomic E-state index is 12.3. The van der Waals surface area contributed by atoms with Crippen LogP contribution in [0.3, 0.4) is 0 Å². The average Bonchev–Trinajstić information content (AvgIpc) is 2.34. The number of rotatable bonds is 2. The van der Waals surface area contributed by atoms with Crippen LogP contribution in [-0.2, 0) is 4.79 Å². The lowest BCUT2D eigenvalue weighted by Gasteiger charge is -2.29. The lowest BCUT2D eigenvalue weighted by Crippen LogP contribution is -2.48. The summed E-state index contributed by atoms with van der Waals surface area (Å²) >= 11 is 2.26. The Morgan fingerprint density at radius 1 is 1.50 bits per heavy atom. The van der Waals surface area contributed by atoms with Gasteiger partial charge in [0.1, 0.15) is 0 Å². The van der Waals surface area contributed by atoms with Gasteiger partial charge in [-0.25, -0.2) is 0 Å². The van der Waals surface area contributed by atoms with E-state index in [0.717, 1.165) is 34.2 Å². The topological polar surface area (TPSA) is 41.1 Å². The Labute approximate surface area is 122 Å². The standard InChI is InChI=1S/C14H19IN2O/c1-9-5-6-11(15)8-12(9)17-14(18)13-10(2)4-3-7-16-13/h5-6,8,10,13,16H,3-4,7H2,1-2H3,(H,17,18). The van der Waals surface area contributed by atoms with Gasteiger partial charge in [0.05, 0.1) is 6.04 Å². The first-order valence-electron chi connectivity index (χ1n) is 6.38. The predicted molar refractivity (Wildman–Crippen MR) is 82.7 cm³/mol. The molecule has 4 heteroatoms. The molecule has 0 aliphatic carbocycles. The van der Waals surface area contributed by atoms with Gasteiger partial charge in [0, 0.05) is 9.26 Å². The van der Waals surface area contributed by atoms with Gasteiger partial charge >= 0.3 is 0 Å². The van der Waals surface area contributed by atoms with Crippen molar-refractivity contribution in [2.24, 2.45) is 5.92 Å². The number of anilines is 1. The highest BCUT2D eigenvalue weighted by Crippen LogP contribution is 2.21. The Morgan fingerprint density at radius 2 is 2.28 bits per heavy atom. The molecule has 1 saturated heterocycles. The van der Waals surface area contributed by atoms with Crippen molar-refractivity contribution in [1.82, 2.24) is 5.32 Å². The maximum Gasteiger partial charge on any atom is 0.241 e. The molecule has 1 fully saturated rings. The number of benzene rings is 1. The molecule has 1 heterocycles. The lowest BCUT2D eigenvalue weighted by atomic mass is 9.92. The zero-order valence-corrected chi connectivity index (χ0v) is 13.0. The number of carbonyl (C=O) groups excluding carboxylic acids is 1. The minimum Gasteiger partial charge on any atom is -0.324 e. The van der Waals surface area contributed by atoms with Crippen molar-refractivity contribution in [2.45, 2.75) is 32.7 Å². The molecule has 0 aromatic heterocycles. The number of nitrogens with one attached hydrogen (secondary N) is 2. The van der Waals surface area contributed by atoms with E-state index in [1.807, 2.05) is 25.1 Å². The molecule has 1 aliphatic heterocycles. The fourth-order valence-electron chi connectivity index (χ4n) is 2.34. The third kappa shape index (κ3) is 3.23. The fraction of sp³-hybridized carbons (Fsp3) is 0.500. The highest BCUT2D eigenvalue weighted by atomic mass is 127. The minimum absolute atomic E-state index is 0.0592. The summed E-state index contributed by atoms with van der Waals surface area (Å²) in [5.74, 6) is 0.495. The molecule has 98 valence electrons. The van der Waals surface area contributed by atoms with E-state index in [0.29, 0.717) is 5.92 Å². The van der Waals surface area contributed by atoms with E-state index >= 15 is 0 Å². The predicted octanol–water partition coefficient (Wildman–Crippen LogP) is 2.93. The van der Waals surface area contributed by atoms with Crippen molar-refractivity contribution in [3.63, 3.8) is 0 Å². The van der Waals surface area contributed by atoms with Crippen molar-refractivity contribution >= 4 is 34.2 Å². The van der Waals surface area contributed by atoms with Crippen molar-refractivity contribution in [2.75, 3.05) is 11.9 Å². The van der Waals surface area contributed by atoms with Gasteiger partial charge in [-0.2, -0.15) is 0 Å². The molecule has 18 heavy (non-hydrogen) atoms. The van der Waals surface area contributed by atoms with Crippen molar-refractivity contribution in [3.8, 4) is 0 Å². The summed E-state index contributed by atoms with van der Waals surface area (Å²) < 4.78 is 1.14. The molecule has 0 bridgehead atoms. The number of hydrogen-bond acceptors (Lipinski definition) is 2. The van der Waals surface area contributed by atoms with E-state index in [-0.39, 0.29) is 11.9 Å². The Hall–Kier alpha value is -0.620. The highest BCUT2D eigenvalue weighted by Gasteiger charge is 2.27. The molecule has 0 radical (unpaired) electrons. The number of amides is 1. The smallest absolute Gasteiger partial charge is 0.241 e. The molecule has 0 saturated carbocycles. The first-order valence-corrected chi connectivity index (χ1v) is 7.46. The average molecular weight is 358 g/mol. The second-order valence-corrected chi connectivity index (χ2v) is 6.25. The molecular weight excluding hydrogens is 339 g/mol. The first kappa shape index (κ1) is 13.8. The van der Waals surface area contributed by atoms with Gasteiger partial charge in [0.15, 0.2) is 0 Å². The number of hydrogen-bond donors (Lipinski definition) is 2. The summed E-state index contributed by atoms with van der Waals surface area (Å²) in [6.07, 6.45) is 2.28. The molecule has 1 aliphatic rings. The second kappa shape index (κ2) is 6.02.